The average molecular weight is 546 g/mol. The molecule has 0 saturated heterocycles. The molecule has 0 bridgehead atoms. The second-order valence-electron chi connectivity index (χ2n) is 9.66. The van der Waals surface area contributed by atoms with Gasteiger partial charge in [0, 0.05) is 17.9 Å². The Labute approximate surface area is 215 Å². The molecule has 1 heterocycles. The highest BCUT2D eigenvalue weighted by molar-refractivity contribution is 7.92. The lowest BCUT2D eigenvalue weighted by atomic mass is 9.59. The first-order chi connectivity index (χ1) is 17.7. The van der Waals surface area contributed by atoms with Crippen LogP contribution in [0.5, 0.6) is 5.75 Å². The van der Waals surface area contributed by atoms with E-state index in [9.17, 15) is 43.2 Å². The van der Waals surface area contributed by atoms with Crippen molar-refractivity contribution < 1.29 is 47.8 Å². The van der Waals surface area contributed by atoms with Crippen LogP contribution in [0, 0.1) is 25.7 Å². The van der Waals surface area contributed by atoms with E-state index in [-0.39, 0.29) is 46.0 Å². The van der Waals surface area contributed by atoms with Gasteiger partial charge in [0.05, 0.1) is 11.3 Å². The maximum Gasteiger partial charge on any atom is 0.267 e. The molecule has 38 heavy (non-hydrogen) atoms. The molecule has 0 aliphatic heterocycles. The standard InChI is InChI=1S/C24H23N3O10S/c1-8-20(9(2)37-26-8)38(35,36)27-13-4-3-10-5-11-6-12-7-14(28)17(23(25)33)22(32)24(12,34)21(31)16(11)19(30)15(10)18(13)29/h3-4,11-12,27,29-30,32,34H,5-7H2,1-2H3,(H2,25,33)/t11-,12-,24-/m0/s1. The van der Waals surface area contributed by atoms with E-state index >= 15 is 0 Å². The Bertz CT molecular complexity index is 1610. The number of hydrogen-bond acceptors (Lipinski definition) is 11. The highest BCUT2D eigenvalue weighted by atomic mass is 32.2. The molecule has 2 aromatic rings. The zero-order valence-corrected chi connectivity index (χ0v) is 20.9. The highest BCUT2D eigenvalue weighted by Crippen LogP contribution is 2.52. The molecular formula is C24H23N3O10S. The second kappa shape index (κ2) is 8.16. The minimum Gasteiger partial charge on any atom is -0.508 e. The lowest BCUT2D eigenvalue weighted by molar-refractivity contribution is -0.147. The van der Waals surface area contributed by atoms with Gasteiger partial charge in [0.25, 0.3) is 15.9 Å². The van der Waals surface area contributed by atoms with E-state index in [0.717, 1.165) is 0 Å². The van der Waals surface area contributed by atoms with Crippen molar-refractivity contribution in [3.63, 3.8) is 0 Å². The minimum atomic E-state index is -4.27. The van der Waals surface area contributed by atoms with Crippen molar-refractivity contribution in [1.82, 2.24) is 5.16 Å². The third-order valence-electron chi connectivity index (χ3n) is 7.42. The molecule has 14 heteroatoms. The SMILES string of the molecule is Cc1noc(C)c1S(=O)(=O)Nc1ccc2c(c1O)C(O)=C1C(=O)[C@]3(O)C(O)=C(C(N)=O)C(=O)C[C@@H]3C[C@@H]1C2. The van der Waals surface area contributed by atoms with E-state index in [1.54, 1.807) is 0 Å². The molecule has 3 aliphatic rings. The number of amides is 1. The number of ketones is 2. The number of benzene rings is 1. The maximum absolute atomic E-state index is 13.5. The number of phenols is 1. The van der Waals surface area contributed by atoms with Crippen LogP contribution < -0.4 is 10.5 Å². The number of nitrogens with two attached hydrogens (primary N) is 1. The minimum absolute atomic E-state index is 0.00982. The summed E-state index contributed by atoms with van der Waals surface area (Å²) in [5.41, 5.74) is 1.20. The zero-order valence-electron chi connectivity index (χ0n) is 20.1. The Morgan fingerprint density at radius 1 is 1.18 bits per heavy atom. The summed E-state index contributed by atoms with van der Waals surface area (Å²) in [6, 6.07) is 2.76. The maximum atomic E-state index is 13.5. The topological polar surface area (TPSA) is 230 Å². The Morgan fingerprint density at radius 2 is 1.87 bits per heavy atom. The van der Waals surface area contributed by atoms with Crippen LogP contribution in [-0.4, -0.2) is 57.1 Å². The van der Waals surface area contributed by atoms with Crippen LogP contribution in [0.25, 0.3) is 5.76 Å². The van der Waals surface area contributed by atoms with Gasteiger partial charge in [-0.05, 0) is 44.2 Å². The van der Waals surface area contributed by atoms with Gasteiger partial charge in [0.15, 0.2) is 27.8 Å². The Hall–Kier alpha value is -4.17. The average Bonchev–Trinajstić information content (AvgIpc) is 3.16. The molecule has 0 spiro atoms. The zero-order chi connectivity index (χ0) is 27.9. The number of hydrogen-bond donors (Lipinski definition) is 6. The third-order valence-corrected chi connectivity index (χ3v) is 9.03. The van der Waals surface area contributed by atoms with E-state index in [1.165, 1.54) is 26.0 Å². The number of aromatic nitrogens is 1. The lowest BCUT2D eigenvalue weighted by Gasteiger charge is -2.46. The molecule has 13 nitrogen and oxygen atoms in total. The number of fused-ring (bicyclic) bond motifs is 3. The van der Waals surface area contributed by atoms with Gasteiger partial charge in [-0.3, -0.25) is 19.1 Å². The quantitative estimate of drug-likeness (QED) is 0.233. The molecule has 200 valence electrons. The highest BCUT2D eigenvalue weighted by Gasteiger charge is 2.60. The van der Waals surface area contributed by atoms with Crippen LogP contribution in [0.1, 0.15) is 35.4 Å². The van der Waals surface area contributed by atoms with Crippen LogP contribution in [0.2, 0.25) is 0 Å². The summed E-state index contributed by atoms with van der Waals surface area (Å²) in [6.45, 7) is 2.82. The number of nitrogens with one attached hydrogen (secondary N) is 1. The van der Waals surface area contributed by atoms with Crippen molar-refractivity contribution in [2.24, 2.45) is 17.6 Å². The Balaban J connectivity index is 1.61. The molecular weight excluding hydrogens is 522 g/mol. The summed E-state index contributed by atoms with van der Waals surface area (Å²) < 4.78 is 33.0. The number of aryl methyl sites for hydroxylation is 2. The molecule has 5 rings (SSSR count). The van der Waals surface area contributed by atoms with Gasteiger partial charge in [-0.1, -0.05) is 11.2 Å². The van der Waals surface area contributed by atoms with Crippen LogP contribution in [0.15, 0.2) is 38.5 Å². The van der Waals surface area contributed by atoms with E-state index in [0.29, 0.717) is 5.56 Å². The Kier molecular flexibility index (Phi) is 5.47. The van der Waals surface area contributed by atoms with Gasteiger partial charge in [0.1, 0.15) is 22.8 Å². The number of carbonyl (C=O) groups excluding carboxylic acids is 3. The van der Waals surface area contributed by atoms with Gasteiger partial charge < -0.3 is 30.7 Å². The first kappa shape index (κ1) is 25.5. The molecule has 1 aromatic carbocycles. The number of anilines is 1. The number of aliphatic hydroxyl groups excluding tert-OH is 2. The number of phenolic OH excluding ortho intramolecular Hbond substituents is 1. The summed E-state index contributed by atoms with van der Waals surface area (Å²) in [4.78, 5) is 37.4. The molecule has 0 unspecified atom stereocenters. The first-order valence-corrected chi connectivity index (χ1v) is 13.0. The van der Waals surface area contributed by atoms with E-state index in [2.05, 4.69) is 9.88 Å². The molecule has 3 aliphatic carbocycles. The van der Waals surface area contributed by atoms with E-state index in [1.807, 2.05) is 0 Å². The summed E-state index contributed by atoms with van der Waals surface area (Å²) in [7, 11) is -4.27. The van der Waals surface area contributed by atoms with Gasteiger partial charge >= 0.3 is 0 Å². The van der Waals surface area contributed by atoms with Gasteiger partial charge in [-0.15, -0.1) is 0 Å². The molecule has 1 amide bonds. The fourth-order valence-electron chi connectivity index (χ4n) is 5.73. The number of rotatable bonds is 4. The van der Waals surface area contributed by atoms with Crippen molar-refractivity contribution in [3.05, 3.63) is 51.6 Å². The summed E-state index contributed by atoms with van der Waals surface area (Å²) in [5, 5.41) is 47.6. The summed E-state index contributed by atoms with van der Waals surface area (Å²) >= 11 is 0. The number of Topliss-reactive ketones (excluding diaryl/α,β-unsaturated/α-hetero) is 2. The summed E-state index contributed by atoms with van der Waals surface area (Å²) in [6.07, 6.45) is -0.335. The number of primary amides is 1. The fraction of sp³-hybridized carbons (Fsp3) is 0.333. The molecule has 1 fully saturated rings. The monoisotopic (exact) mass is 545 g/mol. The van der Waals surface area contributed by atoms with Crippen molar-refractivity contribution in [2.75, 3.05) is 4.72 Å². The van der Waals surface area contributed by atoms with Crippen LogP contribution >= 0.6 is 0 Å². The molecule has 1 aromatic heterocycles. The van der Waals surface area contributed by atoms with Crippen molar-refractivity contribution in [3.8, 4) is 5.75 Å². The van der Waals surface area contributed by atoms with Crippen LogP contribution in [0.4, 0.5) is 5.69 Å². The van der Waals surface area contributed by atoms with Crippen LogP contribution in [0.3, 0.4) is 0 Å². The van der Waals surface area contributed by atoms with Crippen molar-refractivity contribution in [1.29, 1.82) is 0 Å². The number of aliphatic hydroxyl groups is 3. The number of carbonyl (C=O) groups is 3. The Morgan fingerprint density at radius 3 is 2.47 bits per heavy atom. The number of sulfonamides is 1. The predicted octanol–water partition coefficient (Wildman–Crippen LogP) is 0.830. The smallest absolute Gasteiger partial charge is 0.267 e. The third kappa shape index (κ3) is 3.36. The molecule has 0 radical (unpaired) electrons. The van der Waals surface area contributed by atoms with Crippen molar-refractivity contribution in [2.45, 2.75) is 43.6 Å². The largest absolute Gasteiger partial charge is 0.508 e. The van der Waals surface area contributed by atoms with Crippen LogP contribution in [-0.2, 0) is 30.8 Å². The van der Waals surface area contributed by atoms with Gasteiger partial charge in [-0.25, -0.2) is 8.42 Å². The first-order valence-electron chi connectivity index (χ1n) is 11.5. The van der Waals surface area contributed by atoms with Gasteiger partial charge in [-0.2, -0.15) is 0 Å². The molecule has 7 N–H and O–H groups in total. The van der Waals surface area contributed by atoms with Crippen molar-refractivity contribution >= 4 is 38.9 Å². The molecule has 3 atom stereocenters. The lowest BCUT2D eigenvalue weighted by Crippen LogP contribution is -2.58. The number of nitrogens with zero attached hydrogens (tertiary/aromatic N) is 1. The second-order valence-corrected chi connectivity index (χ2v) is 11.3. The summed E-state index contributed by atoms with van der Waals surface area (Å²) in [5.74, 6) is -7.60. The van der Waals surface area contributed by atoms with E-state index < -0.39 is 74.2 Å². The number of aromatic hydroxyl groups is 1. The molecule has 1 saturated carbocycles. The van der Waals surface area contributed by atoms with E-state index in [4.69, 9.17) is 10.3 Å². The normalized spacial score (nSPS) is 25.1. The fourth-order valence-corrected chi connectivity index (χ4v) is 7.13. The van der Waals surface area contributed by atoms with Gasteiger partial charge in [0.2, 0.25) is 5.78 Å². The predicted molar refractivity (Wildman–Crippen MR) is 128 cm³/mol.